The maximum absolute atomic E-state index is 2.46. The normalized spacial score (nSPS) is 11.6. The first-order chi connectivity index (χ1) is 66.5. The predicted molar refractivity (Wildman–Crippen MR) is 579 cm³/mol. The second kappa shape index (κ2) is 33.8. The van der Waals surface area contributed by atoms with Gasteiger partial charge in [0.25, 0.3) is 0 Å². The lowest BCUT2D eigenvalue weighted by atomic mass is 9.93. The van der Waals surface area contributed by atoms with Gasteiger partial charge in [0.05, 0.1) is 11.4 Å². The summed E-state index contributed by atoms with van der Waals surface area (Å²) in [5, 5.41) is 25.2. The molecule has 4 nitrogen and oxygen atoms in total. The Bertz CT molecular complexity index is 8840. The molecule has 2 heterocycles. The molecule has 24 aromatic carbocycles. The van der Waals surface area contributed by atoms with Crippen molar-refractivity contribution in [3.8, 4) is 44.5 Å². The molecule has 0 saturated heterocycles. The number of para-hydroxylation sites is 4. The summed E-state index contributed by atoms with van der Waals surface area (Å²) in [6, 6.07) is 186. The second-order valence-electron chi connectivity index (χ2n) is 34.4. The Balaban J connectivity index is 0.000000143. The van der Waals surface area contributed by atoms with Crippen molar-refractivity contribution < 1.29 is 0 Å². The van der Waals surface area contributed by atoms with Gasteiger partial charge in [-0.15, -0.1) is 22.7 Å². The average molecular weight is 1740 g/mol. The summed E-state index contributed by atoms with van der Waals surface area (Å²) in [5.41, 5.74) is 23.0. The van der Waals surface area contributed by atoms with Gasteiger partial charge < -0.3 is 19.6 Å². The third-order valence-corrected chi connectivity index (χ3v) is 29.3. The van der Waals surface area contributed by atoms with Crippen LogP contribution in [0.3, 0.4) is 0 Å². The zero-order valence-electron chi connectivity index (χ0n) is 73.1. The Morgan fingerprint density at radius 3 is 0.769 bits per heavy atom. The topological polar surface area (TPSA) is 13.0 Å². The summed E-state index contributed by atoms with van der Waals surface area (Å²) in [4.78, 5) is 9.53. The summed E-state index contributed by atoms with van der Waals surface area (Å²) in [6.45, 7) is 0. The van der Waals surface area contributed by atoms with Gasteiger partial charge in [0.2, 0.25) is 0 Å². The third kappa shape index (κ3) is 14.0. The van der Waals surface area contributed by atoms with E-state index in [1.165, 1.54) is 160 Å². The van der Waals surface area contributed by atoms with E-state index in [1.54, 1.807) is 0 Å². The molecule has 0 unspecified atom stereocenters. The molecule has 628 valence electrons. The summed E-state index contributed by atoms with van der Waals surface area (Å²) >= 11 is 3.76. The van der Waals surface area contributed by atoms with Gasteiger partial charge >= 0.3 is 0 Å². The zero-order valence-corrected chi connectivity index (χ0v) is 74.7. The monoisotopic (exact) mass is 1740 g/mol. The molecule has 26 aromatic rings. The van der Waals surface area contributed by atoms with Crippen LogP contribution < -0.4 is 19.6 Å². The van der Waals surface area contributed by atoms with Crippen molar-refractivity contribution in [3.05, 3.63) is 510 Å². The molecule has 0 amide bonds. The standard InChI is InChI=1S/2C64H42N2S/c1-3-16-45(17-4-1)66(46-18-5-2-6-19-46)62-41-40-50(52-20-11-12-25-58(52)62)43-30-34-47(35-31-43)65(49-38-39-57-55-23-8-7-21-53(55)54-22-9-10-24-56(54)61(57)42-49)48-36-32-44(33-37-48)51-27-15-28-60-59-26-13-14-29-63(59)67-64(51)60;1-3-16-45(17-4-1)65(46-18-5-2-6-19-46)47-34-30-43(31-35-47)44-32-36-48(37-33-44)66(49-38-39-56-52-22-8-7-20-50(52)51-21-9-10-24-54(51)61(56)42-49)62-41-40-55(53-23-11-12-25-57(53)62)59-27-15-28-60-58-26-13-14-29-63(58)67-64(59)60/h2*1-42H. The number of thiophene rings is 2. The first-order valence-corrected chi connectivity index (χ1v) is 47.5. The van der Waals surface area contributed by atoms with E-state index in [0.29, 0.717) is 0 Å². The van der Waals surface area contributed by atoms with Crippen LogP contribution in [0, 0.1) is 0 Å². The minimum absolute atomic E-state index is 1.09. The van der Waals surface area contributed by atoms with Crippen LogP contribution in [-0.2, 0) is 0 Å². The van der Waals surface area contributed by atoms with Crippen LogP contribution in [0.15, 0.2) is 510 Å². The molecule has 0 atom stereocenters. The van der Waals surface area contributed by atoms with Gasteiger partial charge in [-0.1, -0.05) is 364 Å². The Morgan fingerprint density at radius 2 is 0.366 bits per heavy atom. The van der Waals surface area contributed by atoms with E-state index >= 15 is 0 Å². The predicted octanol–water partition coefficient (Wildman–Crippen LogP) is 37.9. The fourth-order valence-corrected chi connectivity index (χ4v) is 23.2. The lowest BCUT2D eigenvalue weighted by Gasteiger charge is -2.28. The number of benzene rings is 24. The molecule has 0 fully saturated rings. The molecular formula is C128H84N4S2. The van der Waals surface area contributed by atoms with E-state index in [-0.39, 0.29) is 0 Å². The highest BCUT2D eigenvalue weighted by molar-refractivity contribution is 7.26. The van der Waals surface area contributed by atoms with Crippen molar-refractivity contribution in [2.75, 3.05) is 19.6 Å². The SMILES string of the molecule is c1ccc(N(c2ccccc2)c2ccc(-c3ccc(N(c4ccc(-c5cccc6c5sc5ccccc56)cc4)c4ccc5c6ccccc6c6ccccc6c5c4)cc3)c3ccccc23)cc1.c1ccc(N(c2ccccc2)c2ccc(-c3ccc(N(c4ccc5c6ccccc6c6ccccc6c5c4)c4ccc(-c5cccc6c5sc5ccccc56)c5ccccc45)cc3)cc2)cc1. The summed E-state index contributed by atoms with van der Waals surface area (Å²) in [5.74, 6) is 0. The number of hydrogen-bond acceptors (Lipinski definition) is 6. The van der Waals surface area contributed by atoms with Gasteiger partial charge in [-0.2, -0.15) is 0 Å². The van der Waals surface area contributed by atoms with E-state index in [4.69, 9.17) is 0 Å². The molecular weight excluding hydrogens is 1660 g/mol. The van der Waals surface area contributed by atoms with E-state index < -0.39 is 0 Å². The van der Waals surface area contributed by atoms with Crippen LogP contribution in [0.25, 0.3) is 171 Å². The number of anilines is 12. The lowest BCUT2D eigenvalue weighted by molar-refractivity contribution is 1.28. The molecule has 0 saturated carbocycles. The Kier molecular flexibility index (Phi) is 20.0. The Labute approximate surface area is 785 Å². The molecule has 0 spiro atoms. The fourth-order valence-electron chi connectivity index (χ4n) is 20.7. The van der Waals surface area contributed by atoms with Crippen molar-refractivity contribution >= 4 is 217 Å². The second-order valence-corrected chi connectivity index (χ2v) is 36.5. The molecule has 2 aromatic heterocycles. The lowest BCUT2D eigenvalue weighted by Crippen LogP contribution is -2.11. The number of hydrogen-bond donors (Lipinski definition) is 0. The number of rotatable bonds is 16. The Hall–Kier alpha value is -17.0. The van der Waals surface area contributed by atoms with Crippen LogP contribution in [-0.4, -0.2) is 0 Å². The van der Waals surface area contributed by atoms with E-state index in [2.05, 4.69) is 529 Å². The van der Waals surface area contributed by atoms with Crippen molar-refractivity contribution in [2.45, 2.75) is 0 Å². The highest BCUT2D eigenvalue weighted by Gasteiger charge is 2.25. The highest BCUT2D eigenvalue weighted by Crippen LogP contribution is 2.52. The van der Waals surface area contributed by atoms with Crippen LogP contribution in [0.5, 0.6) is 0 Å². The molecule has 0 aliphatic carbocycles. The maximum Gasteiger partial charge on any atom is 0.0540 e. The van der Waals surface area contributed by atoms with Gasteiger partial charge in [-0.25, -0.2) is 0 Å². The largest absolute Gasteiger partial charge is 0.311 e. The molecule has 134 heavy (non-hydrogen) atoms. The Morgan fingerprint density at radius 1 is 0.119 bits per heavy atom. The van der Waals surface area contributed by atoms with Gasteiger partial charge in [0.15, 0.2) is 0 Å². The van der Waals surface area contributed by atoms with Crippen LogP contribution in [0.4, 0.5) is 68.2 Å². The van der Waals surface area contributed by atoms with Crippen LogP contribution in [0.1, 0.15) is 0 Å². The molecule has 0 N–H and O–H groups in total. The first-order valence-electron chi connectivity index (χ1n) is 45.8. The number of nitrogens with zero attached hydrogens (tertiary/aromatic N) is 4. The molecule has 0 aliphatic rings. The first kappa shape index (κ1) is 79.2. The van der Waals surface area contributed by atoms with Crippen LogP contribution >= 0.6 is 22.7 Å². The molecule has 0 aliphatic heterocycles. The molecule has 0 radical (unpaired) electrons. The van der Waals surface area contributed by atoms with E-state index in [9.17, 15) is 0 Å². The zero-order chi connectivity index (χ0) is 88.5. The fraction of sp³-hybridized carbons (Fsp3) is 0. The number of fused-ring (bicyclic) bond motifs is 20. The summed E-state index contributed by atoms with van der Waals surface area (Å²) < 4.78 is 5.28. The van der Waals surface area contributed by atoms with E-state index in [0.717, 1.165) is 79.4 Å². The summed E-state index contributed by atoms with van der Waals surface area (Å²) in [6.07, 6.45) is 0. The van der Waals surface area contributed by atoms with Crippen molar-refractivity contribution in [1.82, 2.24) is 0 Å². The maximum atomic E-state index is 2.46. The van der Waals surface area contributed by atoms with Crippen molar-refractivity contribution in [3.63, 3.8) is 0 Å². The smallest absolute Gasteiger partial charge is 0.0540 e. The summed E-state index contributed by atoms with van der Waals surface area (Å²) in [7, 11) is 0. The van der Waals surface area contributed by atoms with E-state index in [1.807, 2.05) is 22.7 Å². The van der Waals surface area contributed by atoms with Crippen LogP contribution in [0.2, 0.25) is 0 Å². The highest BCUT2D eigenvalue weighted by atomic mass is 32.1. The van der Waals surface area contributed by atoms with Gasteiger partial charge in [0.1, 0.15) is 0 Å². The van der Waals surface area contributed by atoms with Crippen molar-refractivity contribution in [1.29, 1.82) is 0 Å². The molecule has 26 rings (SSSR count). The minimum atomic E-state index is 1.09. The van der Waals surface area contributed by atoms with Gasteiger partial charge in [-0.05, 0) is 260 Å². The van der Waals surface area contributed by atoms with Gasteiger partial charge in [0, 0.05) is 114 Å². The van der Waals surface area contributed by atoms with Gasteiger partial charge in [-0.3, -0.25) is 0 Å². The molecule has 6 heteroatoms. The molecule has 0 bridgehead atoms. The van der Waals surface area contributed by atoms with Crippen molar-refractivity contribution in [2.24, 2.45) is 0 Å². The third-order valence-electron chi connectivity index (χ3n) is 26.9. The average Bonchev–Trinajstić information content (AvgIpc) is 1.05. The quantitative estimate of drug-likeness (QED) is 0.0894. The minimum Gasteiger partial charge on any atom is -0.311 e.